The second-order valence-corrected chi connectivity index (χ2v) is 11.4. The molecular weight excluding hydrogens is 571 g/mol. The Morgan fingerprint density at radius 3 is 2.61 bits per heavy atom. The molecular formula is C30H32Cl2N2O7. The van der Waals surface area contributed by atoms with E-state index in [-0.39, 0.29) is 37.1 Å². The minimum Gasteiger partial charge on any atom is -0.493 e. The van der Waals surface area contributed by atoms with Crippen LogP contribution >= 0.6 is 23.2 Å². The van der Waals surface area contributed by atoms with Crippen molar-refractivity contribution in [1.82, 2.24) is 10.2 Å². The van der Waals surface area contributed by atoms with Gasteiger partial charge in [0.25, 0.3) is 0 Å². The van der Waals surface area contributed by atoms with Crippen LogP contribution in [0.5, 0.6) is 11.5 Å². The van der Waals surface area contributed by atoms with Gasteiger partial charge in [0.05, 0.1) is 25.7 Å². The molecule has 0 aromatic heterocycles. The number of benzene rings is 2. The van der Waals surface area contributed by atoms with Gasteiger partial charge in [0.15, 0.2) is 11.5 Å². The van der Waals surface area contributed by atoms with E-state index in [9.17, 15) is 24.6 Å². The van der Waals surface area contributed by atoms with Crippen molar-refractivity contribution in [1.29, 1.82) is 0 Å². The van der Waals surface area contributed by atoms with Crippen LogP contribution in [0.15, 0.2) is 42.0 Å². The molecule has 1 saturated carbocycles. The second kappa shape index (κ2) is 12.4. The summed E-state index contributed by atoms with van der Waals surface area (Å²) in [6.07, 6.45) is 3.43. The lowest BCUT2D eigenvalue weighted by Crippen LogP contribution is -2.56. The van der Waals surface area contributed by atoms with E-state index in [1.165, 1.54) is 13.2 Å². The molecule has 0 spiro atoms. The van der Waals surface area contributed by atoms with Crippen molar-refractivity contribution < 1.29 is 34.1 Å². The number of hydrogen-bond acceptors (Lipinski definition) is 7. The van der Waals surface area contributed by atoms with E-state index in [2.05, 4.69) is 5.32 Å². The van der Waals surface area contributed by atoms with Crippen molar-refractivity contribution in [2.45, 2.75) is 56.4 Å². The van der Waals surface area contributed by atoms with Crippen LogP contribution in [0.4, 0.5) is 0 Å². The van der Waals surface area contributed by atoms with Crippen LogP contribution in [0.2, 0.25) is 10.0 Å². The topological polar surface area (TPSA) is 125 Å². The maximum Gasteiger partial charge on any atom is 0.247 e. The number of amides is 2. The number of fused-ring (bicyclic) bond motifs is 3. The summed E-state index contributed by atoms with van der Waals surface area (Å²) < 4.78 is 11.7. The van der Waals surface area contributed by atoms with E-state index < -0.39 is 30.1 Å². The average Bonchev–Trinajstić information content (AvgIpc) is 3.64. The van der Waals surface area contributed by atoms with Crippen molar-refractivity contribution >= 4 is 41.3 Å². The number of nitrogens with zero attached hydrogens (tertiary/aromatic N) is 1. The summed E-state index contributed by atoms with van der Waals surface area (Å²) in [5.41, 5.74) is 1.75. The third-order valence-corrected chi connectivity index (χ3v) is 8.70. The van der Waals surface area contributed by atoms with E-state index in [1.807, 2.05) is 0 Å². The minimum atomic E-state index is -1.23. The molecule has 0 unspecified atom stereocenters. The number of carbonyl (C=O) groups excluding carboxylic acids is 3. The molecule has 3 aliphatic rings. The molecule has 218 valence electrons. The maximum atomic E-state index is 14.0. The average molecular weight is 603 g/mol. The first-order valence-electron chi connectivity index (χ1n) is 13.6. The number of halogens is 2. The number of nitrogens with one attached hydrogen (secondary N) is 1. The normalized spacial score (nSPS) is 23.2. The number of aliphatic hydroxyl groups excluding tert-OH is 2. The highest BCUT2D eigenvalue weighted by atomic mass is 35.5. The van der Waals surface area contributed by atoms with Gasteiger partial charge in [-0.1, -0.05) is 42.1 Å². The quantitative estimate of drug-likeness (QED) is 0.374. The van der Waals surface area contributed by atoms with Gasteiger partial charge >= 0.3 is 0 Å². The molecule has 0 radical (unpaired) electrons. The molecule has 11 heteroatoms. The zero-order valence-corrected chi connectivity index (χ0v) is 24.0. The number of aldehydes is 1. The van der Waals surface area contributed by atoms with Crippen LogP contribution in [-0.2, 0) is 16.1 Å². The molecule has 1 heterocycles. The molecule has 2 aromatic carbocycles. The lowest BCUT2D eigenvalue weighted by Gasteiger charge is -2.41. The van der Waals surface area contributed by atoms with Crippen LogP contribution in [0, 0.1) is 5.92 Å². The highest BCUT2D eigenvalue weighted by Gasteiger charge is 2.52. The zero-order chi connectivity index (χ0) is 29.3. The molecule has 3 N–H and O–H groups in total. The molecule has 0 bridgehead atoms. The largest absolute Gasteiger partial charge is 0.493 e. The number of ether oxygens (including phenoxy) is 2. The summed E-state index contributed by atoms with van der Waals surface area (Å²) in [7, 11) is 1.44. The Labute approximate surface area is 248 Å². The highest BCUT2D eigenvalue weighted by Crippen LogP contribution is 2.51. The molecule has 4 atom stereocenters. The zero-order valence-electron chi connectivity index (χ0n) is 22.5. The minimum absolute atomic E-state index is 0.0112. The van der Waals surface area contributed by atoms with Crippen LogP contribution in [0.3, 0.4) is 0 Å². The lowest BCUT2D eigenvalue weighted by atomic mass is 9.77. The van der Waals surface area contributed by atoms with Gasteiger partial charge in [-0.05, 0) is 48.7 Å². The summed E-state index contributed by atoms with van der Waals surface area (Å²) in [6.45, 7) is -0.175. The molecule has 0 saturated heterocycles. The Morgan fingerprint density at radius 1 is 1.20 bits per heavy atom. The van der Waals surface area contributed by atoms with Gasteiger partial charge in [0.2, 0.25) is 11.8 Å². The molecule has 1 fully saturated rings. The van der Waals surface area contributed by atoms with E-state index >= 15 is 0 Å². The molecule has 2 aliphatic carbocycles. The Hall–Kier alpha value is -3.11. The van der Waals surface area contributed by atoms with Crippen LogP contribution in [0.25, 0.3) is 0 Å². The smallest absolute Gasteiger partial charge is 0.247 e. The SMILES string of the molecule is COc1cc(C=O)cc2c1O[C@@H]1[C@@H](O)[C@H](N(Cc3ccc(Cl)cc3Cl)C(=O)C3CCCC3)C=C(C(=O)NCCO)[C@H]21. The Kier molecular flexibility index (Phi) is 8.89. The highest BCUT2D eigenvalue weighted by molar-refractivity contribution is 6.35. The summed E-state index contributed by atoms with van der Waals surface area (Å²) in [5.74, 6) is -0.962. The maximum absolute atomic E-state index is 14.0. The van der Waals surface area contributed by atoms with Crippen molar-refractivity contribution in [3.63, 3.8) is 0 Å². The molecule has 9 nitrogen and oxygen atoms in total. The first-order chi connectivity index (χ1) is 19.8. The van der Waals surface area contributed by atoms with Gasteiger partial charge in [-0.2, -0.15) is 0 Å². The molecule has 5 rings (SSSR count). The number of hydrogen-bond donors (Lipinski definition) is 3. The fourth-order valence-electron chi connectivity index (χ4n) is 6.13. The Bertz CT molecular complexity index is 1370. The number of rotatable bonds is 9. The first-order valence-corrected chi connectivity index (χ1v) is 14.4. The summed E-state index contributed by atoms with van der Waals surface area (Å²) in [5, 5.41) is 24.7. The van der Waals surface area contributed by atoms with Crippen molar-refractivity contribution in [3.8, 4) is 11.5 Å². The fraction of sp³-hybridized carbons (Fsp3) is 0.433. The summed E-state index contributed by atoms with van der Waals surface area (Å²) >= 11 is 12.6. The predicted molar refractivity (Wildman–Crippen MR) is 152 cm³/mol. The van der Waals surface area contributed by atoms with Crippen LogP contribution in [0.1, 0.15) is 53.1 Å². The van der Waals surface area contributed by atoms with Crippen molar-refractivity contribution in [3.05, 3.63) is 68.7 Å². The molecule has 2 aromatic rings. The monoisotopic (exact) mass is 602 g/mol. The first kappa shape index (κ1) is 29.4. The van der Waals surface area contributed by atoms with E-state index in [1.54, 1.807) is 35.2 Å². The van der Waals surface area contributed by atoms with E-state index in [0.29, 0.717) is 44.5 Å². The van der Waals surface area contributed by atoms with Gasteiger partial charge in [-0.15, -0.1) is 0 Å². The van der Waals surface area contributed by atoms with Gasteiger partial charge < -0.3 is 29.9 Å². The molecule has 2 amide bonds. The molecule has 41 heavy (non-hydrogen) atoms. The Morgan fingerprint density at radius 2 is 1.95 bits per heavy atom. The number of carbonyl (C=O) groups is 3. The lowest BCUT2D eigenvalue weighted by molar-refractivity contribution is -0.142. The van der Waals surface area contributed by atoms with Crippen LogP contribution in [-0.4, -0.2) is 71.7 Å². The van der Waals surface area contributed by atoms with Gasteiger partial charge in [0.1, 0.15) is 18.5 Å². The van der Waals surface area contributed by atoms with Gasteiger partial charge in [-0.3, -0.25) is 14.4 Å². The van der Waals surface area contributed by atoms with Gasteiger partial charge in [-0.25, -0.2) is 0 Å². The second-order valence-electron chi connectivity index (χ2n) is 10.6. The fourth-order valence-corrected chi connectivity index (χ4v) is 6.60. The summed E-state index contributed by atoms with van der Waals surface area (Å²) in [6, 6.07) is 7.24. The Balaban J connectivity index is 1.61. The third-order valence-electron chi connectivity index (χ3n) is 8.11. The van der Waals surface area contributed by atoms with Crippen molar-refractivity contribution in [2.24, 2.45) is 5.92 Å². The number of aliphatic hydroxyl groups is 2. The van der Waals surface area contributed by atoms with Crippen molar-refractivity contribution in [2.75, 3.05) is 20.3 Å². The standard InChI is InChI=1S/C30H32Cl2N2O7/c1-40-24-11-16(15-36)10-20-25-21(29(38)33-8-9-35)13-23(26(37)28(25)41-27(20)24)34(30(39)17-4-2-3-5-17)14-18-6-7-19(31)12-22(18)32/h6-7,10-13,15,17,23,25-26,28,35,37H,2-5,8-9,14H2,1H3,(H,33,38)/t23-,25+,26+,28+/m1/s1. The van der Waals surface area contributed by atoms with Gasteiger partial charge in [0, 0.05) is 45.8 Å². The van der Waals surface area contributed by atoms with E-state index in [0.717, 1.165) is 25.7 Å². The third kappa shape index (κ3) is 5.68. The number of methoxy groups -OCH3 is 1. The summed E-state index contributed by atoms with van der Waals surface area (Å²) in [4.78, 5) is 40.8. The molecule has 1 aliphatic heterocycles. The van der Waals surface area contributed by atoms with Crippen LogP contribution < -0.4 is 14.8 Å². The van der Waals surface area contributed by atoms with E-state index in [4.69, 9.17) is 32.7 Å². The predicted octanol–water partition coefficient (Wildman–Crippen LogP) is 3.66.